The molecular weight excluding hydrogens is 262 g/mol. The van der Waals surface area contributed by atoms with Gasteiger partial charge in [-0.3, -0.25) is 4.79 Å². The zero-order valence-corrected chi connectivity index (χ0v) is 11.0. The summed E-state index contributed by atoms with van der Waals surface area (Å²) in [6, 6.07) is 13.7. The van der Waals surface area contributed by atoms with Crippen LogP contribution in [0.5, 0.6) is 5.75 Å². The van der Waals surface area contributed by atoms with Crippen molar-refractivity contribution >= 4 is 23.2 Å². The van der Waals surface area contributed by atoms with Crippen molar-refractivity contribution in [1.82, 2.24) is 0 Å². The van der Waals surface area contributed by atoms with Gasteiger partial charge in [0.2, 0.25) is 0 Å². The van der Waals surface area contributed by atoms with Crippen LogP contribution in [-0.4, -0.2) is 16.9 Å². The lowest BCUT2D eigenvalue weighted by atomic mass is 10.1. The van der Waals surface area contributed by atoms with Crippen molar-refractivity contribution in [3.63, 3.8) is 0 Å². The smallest absolute Gasteiger partial charge is 0.255 e. The van der Waals surface area contributed by atoms with Crippen LogP contribution in [0.15, 0.2) is 48.5 Å². The summed E-state index contributed by atoms with van der Waals surface area (Å²) in [6.07, 6.45) is 0.813. The van der Waals surface area contributed by atoms with E-state index in [9.17, 15) is 4.79 Å². The van der Waals surface area contributed by atoms with E-state index in [1.54, 1.807) is 12.1 Å². The van der Waals surface area contributed by atoms with Crippen LogP contribution in [0.2, 0.25) is 0 Å². The molecule has 4 heteroatoms. The lowest BCUT2D eigenvalue weighted by Gasteiger charge is -2.06. The van der Waals surface area contributed by atoms with E-state index in [0.29, 0.717) is 11.4 Å². The van der Waals surface area contributed by atoms with E-state index < -0.39 is 0 Å². The van der Waals surface area contributed by atoms with E-state index in [2.05, 4.69) is 5.32 Å². The molecular formula is C15H14ClNO2. The normalized spacial score (nSPS) is 10.2. The summed E-state index contributed by atoms with van der Waals surface area (Å²) >= 11 is 5.66. The van der Waals surface area contributed by atoms with Gasteiger partial charge in [-0.15, -0.1) is 11.6 Å². The summed E-state index contributed by atoms with van der Waals surface area (Å²) in [5.41, 5.74) is 2.37. The first kappa shape index (κ1) is 13.4. The van der Waals surface area contributed by atoms with E-state index in [-0.39, 0.29) is 11.7 Å². The average molecular weight is 276 g/mol. The largest absolute Gasteiger partial charge is 0.508 e. The number of phenolic OH excluding ortho intramolecular Hbond substituents is 1. The van der Waals surface area contributed by atoms with Crippen LogP contribution in [0.25, 0.3) is 0 Å². The van der Waals surface area contributed by atoms with Gasteiger partial charge in [0.05, 0.1) is 0 Å². The summed E-state index contributed by atoms with van der Waals surface area (Å²) in [5.74, 6) is 0.520. The molecule has 2 aromatic carbocycles. The molecule has 3 nitrogen and oxygen atoms in total. The summed E-state index contributed by atoms with van der Waals surface area (Å²) in [7, 11) is 0. The van der Waals surface area contributed by atoms with Gasteiger partial charge in [0.25, 0.3) is 5.91 Å². The Balaban J connectivity index is 2.04. The Kier molecular flexibility index (Phi) is 4.42. The second-order valence-electron chi connectivity index (χ2n) is 4.14. The van der Waals surface area contributed by atoms with E-state index >= 15 is 0 Å². The number of alkyl halides is 1. The predicted molar refractivity (Wildman–Crippen MR) is 76.9 cm³/mol. The third-order valence-electron chi connectivity index (χ3n) is 2.72. The van der Waals surface area contributed by atoms with Gasteiger partial charge in [-0.25, -0.2) is 0 Å². The van der Waals surface area contributed by atoms with Crippen LogP contribution < -0.4 is 5.32 Å². The number of benzene rings is 2. The molecule has 0 aliphatic heterocycles. The molecule has 2 rings (SSSR count). The van der Waals surface area contributed by atoms with Gasteiger partial charge in [-0.05, 0) is 48.4 Å². The zero-order chi connectivity index (χ0) is 13.7. The van der Waals surface area contributed by atoms with E-state index in [1.165, 1.54) is 12.1 Å². The zero-order valence-electron chi connectivity index (χ0n) is 10.3. The fourth-order valence-electron chi connectivity index (χ4n) is 1.68. The van der Waals surface area contributed by atoms with Crippen molar-refractivity contribution in [2.45, 2.75) is 6.42 Å². The molecule has 1 amide bonds. The maximum Gasteiger partial charge on any atom is 0.255 e. The third-order valence-corrected chi connectivity index (χ3v) is 2.91. The topological polar surface area (TPSA) is 49.3 Å². The van der Waals surface area contributed by atoms with Crippen molar-refractivity contribution < 1.29 is 9.90 Å². The minimum Gasteiger partial charge on any atom is -0.508 e. The highest BCUT2D eigenvalue weighted by Gasteiger charge is 2.05. The number of nitrogens with one attached hydrogen (secondary N) is 1. The molecule has 0 aromatic heterocycles. The number of hydrogen-bond donors (Lipinski definition) is 2. The molecule has 0 heterocycles. The number of amides is 1. The van der Waals surface area contributed by atoms with Gasteiger partial charge in [0, 0.05) is 17.1 Å². The Morgan fingerprint density at radius 2 is 1.68 bits per heavy atom. The molecule has 98 valence electrons. The monoisotopic (exact) mass is 275 g/mol. The fraction of sp³-hybridized carbons (Fsp3) is 0.133. The Hall–Kier alpha value is -2.00. The fourth-order valence-corrected chi connectivity index (χ4v) is 1.90. The Morgan fingerprint density at radius 3 is 2.26 bits per heavy atom. The van der Waals surface area contributed by atoms with Crippen molar-refractivity contribution in [1.29, 1.82) is 0 Å². The number of phenols is 1. The molecule has 0 radical (unpaired) electrons. The maximum absolute atomic E-state index is 11.9. The van der Waals surface area contributed by atoms with Crippen LogP contribution in [0, 0.1) is 0 Å². The second-order valence-corrected chi connectivity index (χ2v) is 4.51. The number of aromatic hydroxyl groups is 1. The highest BCUT2D eigenvalue weighted by atomic mass is 35.5. The second kappa shape index (κ2) is 6.25. The minimum absolute atomic E-state index is 0.141. The number of aryl methyl sites for hydroxylation is 1. The standard InChI is InChI=1S/C15H14ClNO2/c16-10-9-11-1-5-13(6-2-11)17-15(19)12-3-7-14(18)8-4-12/h1-8,18H,9-10H2,(H,17,19). The lowest BCUT2D eigenvalue weighted by Crippen LogP contribution is -2.11. The highest BCUT2D eigenvalue weighted by molar-refractivity contribution is 6.18. The summed E-state index contributed by atoms with van der Waals surface area (Å²) < 4.78 is 0. The van der Waals surface area contributed by atoms with E-state index in [1.807, 2.05) is 24.3 Å². The molecule has 2 aromatic rings. The number of carbonyl (C=O) groups is 1. The Bertz CT molecular complexity index is 549. The maximum atomic E-state index is 11.9. The molecule has 0 saturated heterocycles. The summed E-state index contributed by atoms with van der Waals surface area (Å²) in [4.78, 5) is 11.9. The van der Waals surface area contributed by atoms with Gasteiger partial charge in [-0.1, -0.05) is 12.1 Å². The van der Waals surface area contributed by atoms with E-state index in [0.717, 1.165) is 17.7 Å². The van der Waals surface area contributed by atoms with Gasteiger partial charge in [0.1, 0.15) is 5.75 Å². The molecule has 0 aliphatic rings. The molecule has 0 saturated carbocycles. The first-order valence-electron chi connectivity index (χ1n) is 5.94. The van der Waals surface area contributed by atoms with Crippen LogP contribution >= 0.6 is 11.6 Å². The van der Waals surface area contributed by atoms with Crippen molar-refractivity contribution in [2.75, 3.05) is 11.2 Å². The quantitative estimate of drug-likeness (QED) is 0.840. The predicted octanol–water partition coefficient (Wildman–Crippen LogP) is 3.43. The molecule has 0 unspecified atom stereocenters. The first-order valence-corrected chi connectivity index (χ1v) is 6.48. The van der Waals surface area contributed by atoms with Crippen molar-refractivity contribution in [3.8, 4) is 5.75 Å². The van der Waals surface area contributed by atoms with Gasteiger partial charge < -0.3 is 10.4 Å². The molecule has 0 spiro atoms. The van der Waals surface area contributed by atoms with Crippen molar-refractivity contribution in [3.05, 3.63) is 59.7 Å². The lowest BCUT2D eigenvalue weighted by molar-refractivity contribution is 0.102. The third kappa shape index (κ3) is 3.73. The van der Waals surface area contributed by atoms with Crippen LogP contribution in [0.1, 0.15) is 15.9 Å². The number of halogens is 1. The number of hydrogen-bond acceptors (Lipinski definition) is 2. The molecule has 2 N–H and O–H groups in total. The van der Waals surface area contributed by atoms with Crippen LogP contribution in [0.3, 0.4) is 0 Å². The molecule has 0 aliphatic carbocycles. The van der Waals surface area contributed by atoms with Crippen LogP contribution in [-0.2, 0) is 6.42 Å². The number of carbonyl (C=O) groups excluding carboxylic acids is 1. The minimum atomic E-state index is -0.204. The SMILES string of the molecule is O=C(Nc1ccc(CCCl)cc1)c1ccc(O)cc1. The number of rotatable bonds is 4. The highest BCUT2D eigenvalue weighted by Crippen LogP contribution is 2.14. The van der Waals surface area contributed by atoms with Gasteiger partial charge >= 0.3 is 0 Å². The summed E-state index contributed by atoms with van der Waals surface area (Å²) in [6.45, 7) is 0. The summed E-state index contributed by atoms with van der Waals surface area (Å²) in [5, 5.41) is 12.0. The first-order chi connectivity index (χ1) is 9.19. The average Bonchev–Trinajstić information content (AvgIpc) is 2.42. The Morgan fingerprint density at radius 1 is 1.05 bits per heavy atom. The molecule has 19 heavy (non-hydrogen) atoms. The Labute approximate surface area is 116 Å². The molecule has 0 bridgehead atoms. The molecule has 0 fully saturated rings. The van der Waals surface area contributed by atoms with Gasteiger partial charge in [-0.2, -0.15) is 0 Å². The van der Waals surface area contributed by atoms with Crippen LogP contribution in [0.4, 0.5) is 5.69 Å². The van der Waals surface area contributed by atoms with Gasteiger partial charge in [0.15, 0.2) is 0 Å². The number of anilines is 1. The molecule has 0 atom stereocenters. The van der Waals surface area contributed by atoms with E-state index in [4.69, 9.17) is 16.7 Å². The van der Waals surface area contributed by atoms with Crippen molar-refractivity contribution in [2.24, 2.45) is 0 Å².